The van der Waals surface area contributed by atoms with Gasteiger partial charge >= 0.3 is 6.09 Å². The summed E-state index contributed by atoms with van der Waals surface area (Å²) in [5, 5.41) is 2.62. The molecule has 3 nitrogen and oxygen atoms in total. The summed E-state index contributed by atoms with van der Waals surface area (Å²) in [4.78, 5) is 11.3. The van der Waals surface area contributed by atoms with Gasteiger partial charge in [0, 0.05) is 6.54 Å². The number of hydrogen-bond donors (Lipinski definition) is 1. The Balaban J connectivity index is 3.72. The highest BCUT2D eigenvalue weighted by Crippen LogP contribution is 2.10. The van der Waals surface area contributed by atoms with E-state index in [2.05, 4.69) is 19.2 Å². The monoisotopic (exact) mass is 235 g/mol. The van der Waals surface area contributed by atoms with Crippen LogP contribution in [0.1, 0.15) is 41.0 Å². The minimum Gasteiger partial charge on any atom is -0.444 e. The fourth-order valence-electron chi connectivity index (χ4n) is 1.10. The molecule has 0 aliphatic carbocycles. The van der Waals surface area contributed by atoms with Gasteiger partial charge in [0.2, 0.25) is 0 Å². The summed E-state index contributed by atoms with van der Waals surface area (Å²) in [6.45, 7) is 10.1. The summed E-state index contributed by atoms with van der Waals surface area (Å²) in [5.74, 6) is 0.535. The van der Waals surface area contributed by atoms with E-state index < -0.39 is 11.7 Å². The Kier molecular flexibility index (Phi) is 6.03. The summed E-state index contributed by atoms with van der Waals surface area (Å²) in [7, 11) is 0. The van der Waals surface area contributed by atoms with E-state index in [0.29, 0.717) is 12.5 Å². The number of nitrogens with one attached hydrogen (secondary N) is 1. The second kappa shape index (κ2) is 6.21. The number of halogens is 1. The third-order valence-electron chi connectivity index (χ3n) is 1.59. The minimum atomic E-state index is -0.454. The highest BCUT2D eigenvalue weighted by atomic mass is 35.5. The zero-order valence-electron chi connectivity index (χ0n) is 10.3. The molecule has 0 spiro atoms. The van der Waals surface area contributed by atoms with Crippen molar-refractivity contribution in [2.24, 2.45) is 5.92 Å². The first-order chi connectivity index (χ1) is 6.70. The molecule has 0 aromatic heterocycles. The van der Waals surface area contributed by atoms with Crippen LogP contribution < -0.4 is 5.32 Å². The van der Waals surface area contributed by atoms with Crippen LogP contribution in [0.15, 0.2) is 0 Å². The van der Waals surface area contributed by atoms with Crippen LogP contribution in [-0.2, 0) is 4.74 Å². The van der Waals surface area contributed by atoms with Crippen molar-refractivity contribution in [3.8, 4) is 0 Å². The maximum atomic E-state index is 11.3. The molecule has 0 aliphatic heterocycles. The van der Waals surface area contributed by atoms with Gasteiger partial charge in [0.25, 0.3) is 0 Å². The summed E-state index contributed by atoms with van der Waals surface area (Å²) >= 11 is 6.02. The van der Waals surface area contributed by atoms with Gasteiger partial charge in [-0.25, -0.2) is 4.79 Å². The second-order valence-corrected chi connectivity index (χ2v) is 5.73. The third-order valence-corrected chi connectivity index (χ3v) is 1.93. The Hall–Kier alpha value is -0.440. The quantitative estimate of drug-likeness (QED) is 0.761. The molecule has 1 unspecified atom stereocenters. The SMILES string of the molecule is CC(C)CC(Cl)CNC(=O)OC(C)(C)C. The van der Waals surface area contributed by atoms with Gasteiger partial charge in [0.05, 0.1) is 5.38 Å². The van der Waals surface area contributed by atoms with Gasteiger partial charge in [-0.3, -0.25) is 0 Å². The molecule has 90 valence electrons. The Morgan fingerprint density at radius 1 is 1.40 bits per heavy atom. The highest BCUT2D eigenvalue weighted by molar-refractivity contribution is 6.20. The predicted molar refractivity (Wildman–Crippen MR) is 63.3 cm³/mol. The molecule has 0 heterocycles. The molecule has 0 saturated heterocycles. The van der Waals surface area contributed by atoms with E-state index in [-0.39, 0.29) is 5.38 Å². The average Bonchev–Trinajstić information content (AvgIpc) is 1.96. The van der Waals surface area contributed by atoms with Crippen molar-refractivity contribution in [2.45, 2.75) is 52.0 Å². The Bertz CT molecular complexity index is 199. The molecule has 0 fully saturated rings. The van der Waals surface area contributed by atoms with Crippen molar-refractivity contribution >= 4 is 17.7 Å². The van der Waals surface area contributed by atoms with E-state index in [4.69, 9.17) is 16.3 Å². The van der Waals surface area contributed by atoms with E-state index >= 15 is 0 Å². The lowest BCUT2D eigenvalue weighted by atomic mass is 10.1. The topological polar surface area (TPSA) is 38.3 Å². The second-order valence-electron chi connectivity index (χ2n) is 5.11. The maximum Gasteiger partial charge on any atom is 0.407 e. The lowest BCUT2D eigenvalue weighted by Crippen LogP contribution is -2.35. The van der Waals surface area contributed by atoms with Crippen LogP contribution in [-0.4, -0.2) is 23.6 Å². The molecular weight excluding hydrogens is 214 g/mol. The zero-order chi connectivity index (χ0) is 12.1. The van der Waals surface area contributed by atoms with Gasteiger partial charge in [0.1, 0.15) is 5.60 Å². The number of alkyl carbamates (subject to hydrolysis) is 1. The third kappa shape index (κ3) is 9.85. The van der Waals surface area contributed by atoms with Gasteiger partial charge in [-0.15, -0.1) is 11.6 Å². The summed E-state index contributed by atoms with van der Waals surface area (Å²) in [5.41, 5.74) is -0.454. The van der Waals surface area contributed by atoms with Crippen molar-refractivity contribution in [3.63, 3.8) is 0 Å². The predicted octanol–water partition coefficient (Wildman–Crippen LogP) is 3.16. The molecule has 1 N–H and O–H groups in total. The number of ether oxygens (including phenoxy) is 1. The number of hydrogen-bond acceptors (Lipinski definition) is 2. The Labute approximate surface area is 97.5 Å². The highest BCUT2D eigenvalue weighted by Gasteiger charge is 2.16. The number of alkyl halides is 1. The van der Waals surface area contributed by atoms with Crippen LogP contribution in [0.25, 0.3) is 0 Å². The van der Waals surface area contributed by atoms with Crippen LogP contribution >= 0.6 is 11.6 Å². The van der Waals surface area contributed by atoms with Gasteiger partial charge in [-0.2, -0.15) is 0 Å². The molecule has 0 saturated carbocycles. The standard InChI is InChI=1S/C11H22ClNO2/c1-8(2)6-9(12)7-13-10(14)15-11(3,4)5/h8-9H,6-7H2,1-5H3,(H,13,14). The number of rotatable bonds is 4. The van der Waals surface area contributed by atoms with Crippen molar-refractivity contribution in [3.05, 3.63) is 0 Å². The number of carbonyl (C=O) groups excluding carboxylic acids is 1. The van der Waals surface area contributed by atoms with Crippen molar-refractivity contribution in [1.29, 1.82) is 0 Å². The molecule has 4 heteroatoms. The summed E-state index contributed by atoms with van der Waals surface area (Å²) in [6, 6.07) is 0. The molecule has 15 heavy (non-hydrogen) atoms. The van der Waals surface area contributed by atoms with Crippen molar-refractivity contribution in [2.75, 3.05) is 6.54 Å². The lowest BCUT2D eigenvalue weighted by molar-refractivity contribution is 0.0527. The molecule has 0 rings (SSSR count). The minimum absolute atomic E-state index is 0.0301. The van der Waals surface area contributed by atoms with Gasteiger partial charge < -0.3 is 10.1 Å². The largest absolute Gasteiger partial charge is 0.444 e. The molecule has 1 atom stereocenters. The smallest absolute Gasteiger partial charge is 0.407 e. The Morgan fingerprint density at radius 3 is 2.33 bits per heavy atom. The maximum absolute atomic E-state index is 11.3. The Morgan fingerprint density at radius 2 is 1.93 bits per heavy atom. The summed E-state index contributed by atoms with van der Waals surface area (Å²) in [6.07, 6.45) is 0.481. The first-order valence-corrected chi connectivity index (χ1v) is 5.75. The molecular formula is C11H22ClNO2. The average molecular weight is 236 g/mol. The summed E-state index contributed by atoms with van der Waals surface area (Å²) < 4.78 is 5.08. The lowest BCUT2D eigenvalue weighted by Gasteiger charge is -2.20. The van der Waals surface area contributed by atoms with Crippen molar-refractivity contribution < 1.29 is 9.53 Å². The van der Waals surface area contributed by atoms with Crippen LogP contribution in [0.4, 0.5) is 4.79 Å². The van der Waals surface area contributed by atoms with E-state index in [1.807, 2.05) is 20.8 Å². The van der Waals surface area contributed by atoms with Crippen LogP contribution in [0.3, 0.4) is 0 Å². The number of amides is 1. The van der Waals surface area contributed by atoms with Crippen LogP contribution in [0, 0.1) is 5.92 Å². The van der Waals surface area contributed by atoms with E-state index in [9.17, 15) is 4.79 Å². The number of carbonyl (C=O) groups is 1. The molecule has 1 amide bonds. The molecule has 0 radical (unpaired) electrons. The normalized spacial score (nSPS) is 13.8. The molecule has 0 aliphatic rings. The molecule has 0 aromatic carbocycles. The fraction of sp³-hybridized carbons (Fsp3) is 0.909. The van der Waals surface area contributed by atoms with E-state index in [1.54, 1.807) is 0 Å². The van der Waals surface area contributed by atoms with Crippen LogP contribution in [0.5, 0.6) is 0 Å². The van der Waals surface area contributed by atoms with E-state index in [0.717, 1.165) is 6.42 Å². The fourth-order valence-corrected chi connectivity index (χ4v) is 1.54. The van der Waals surface area contributed by atoms with E-state index in [1.165, 1.54) is 0 Å². The van der Waals surface area contributed by atoms with Crippen molar-refractivity contribution in [1.82, 2.24) is 5.32 Å². The molecule has 0 aromatic rings. The van der Waals surface area contributed by atoms with Crippen LogP contribution in [0.2, 0.25) is 0 Å². The van der Waals surface area contributed by atoms with Gasteiger partial charge in [-0.1, -0.05) is 13.8 Å². The molecule has 0 bridgehead atoms. The zero-order valence-corrected chi connectivity index (χ0v) is 11.0. The van der Waals surface area contributed by atoms with Gasteiger partial charge in [0.15, 0.2) is 0 Å². The first kappa shape index (κ1) is 14.6. The van der Waals surface area contributed by atoms with Gasteiger partial charge in [-0.05, 0) is 33.1 Å². The first-order valence-electron chi connectivity index (χ1n) is 5.31.